The first-order valence-corrected chi connectivity index (χ1v) is 11.8. The number of hydrogen-bond donors (Lipinski definition) is 2. The minimum atomic E-state index is 0.177. The molecule has 172 valence electrons. The number of carbonyl (C=O) groups excluding carboxylic acids is 1. The molecular weight excluding hydrogens is 402 g/mol. The van der Waals surface area contributed by atoms with E-state index < -0.39 is 0 Å². The SMILES string of the molecule is COc1ccc(CNC2CCN(c3ccc(NC(=O)C4CCCC4)cc3)CC2)cc1OC. The van der Waals surface area contributed by atoms with Crippen molar-refractivity contribution in [1.82, 2.24) is 5.32 Å². The number of nitrogens with one attached hydrogen (secondary N) is 2. The lowest BCUT2D eigenvalue weighted by molar-refractivity contribution is -0.119. The van der Waals surface area contributed by atoms with Crippen LogP contribution in [0, 0.1) is 5.92 Å². The molecule has 2 aliphatic rings. The molecule has 6 heteroatoms. The Morgan fingerprint density at radius 1 is 0.938 bits per heavy atom. The molecule has 0 unspecified atom stereocenters. The number of nitrogens with zero attached hydrogens (tertiary/aromatic N) is 1. The molecule has 0 spiro atoms. The summed E-state index contributed by atoms with van der Waals surface area (Å²) in [7, 11) is 3.32. The predicted octanol–water partition coefficient (Wildman–Crippen LogP) is 4.59. The molecule has 0 radical (unpaired) electrons. The Morgan fingerprint density at radius 2 is 1.62 bits per heavy atom. The van der Waals surface area contributed by atoms with Crippen molar-refractivity contribution in [2.24, 2.45) is 5.92 Å². The van der Waals surface area contributed by atoms with E-state index >= 15 is 0 Å². The second kappa shape index (κ2) is 10.7. The summed E-state index contributed by atoms with van der Waals surface area (Å²) in [6, 6.07) is 14.9. The maximum Gasteiger partial charge on any atom is 0.227 e. The molecule has 0 aromatic heterocycles. The molecule has 0 bridgehead atoms. The zero-order valence-electron chi connectivity index (χ0n) is 19.2. The lowest BCUT2D eigenvalue weighted by Crippen LogP contribution is -2.42. The van der Waals surface area contributed by atoms with Gasteiger partial charge in [0.2, 0.25) is 5.91 Å². The smallest absolute Gasteiger partial charge is 0.227 e. The zero-order chi connectivity index (χ0) is 22.3. The summed E-state index contributed by atoms with van der Waals surface area (Å²) >= 11 is 0. The van der Waals surface area contributed by atoms with Gasteiger partial charge in [0.25, 0.3) is 0 Å². The number of ether oxygens (including phenoxy) is 2. The van der Waals surface area contributed by atoms with Gasteiger partial charge in [0.1, 0.15) is 0 Å². The Labute approximate surface area is 191 Å². The summed E-state index contributed by atoms with van der Waals surface area (Å²) in [6.07, 6.45) is 6.62. The van der Waals surface area contributed by atoms with Gasteiger partial charge in [-0.2, -0.15) is 0 Å². The Balaban J connectivity index is 1.23. The highest BCUT2D eigenvalue weighted by Gasteiger charge is 2.23. The van der Waals surface area contributed by atoms with Crippen molar-refractivity contribution in [1.29, 1.82) is 0 Å². The van der Waals surface area contributed by atoms with Crippen LogP contribution < -0.4 is 25.0 Å². The van der Waals surface area contributed by atoms with Gasteiger partial charge in [-0.15, -0.1) is 0 Å². The minimum absolute atomic E-state index is 0.177. The standard InChI is InChI=1S/C26H35N3O3/c1-31-24-12-7-19(17-25(24)32-2)18-27-21-13-15-29(16-14-21)23-10-8-22(9-11-23)28-26(30)20-5-3-4-6-20/h7-12,17,20-21,27H,3-6,13-16,18H2,1-2H3,(H,28,30). The van der Waals surface area contributed by atoms with E-state index in [-0.39, 0.29) is 11.8 Å². The minimum Gasteiger partial charge on any atom is -0.493 e. The number of rotatable bonds is 8. The van der Waals surface area contributed by atoms with Crippen molar-refractivity contribution >= 4 is 17.3 Å². The molecule has 6 nitrogen and oxygen atoms in total. The highest BCUT2D eigenvalue weighted by Crippen LogP contribution is 2.29. The molecule has 1 aliphatic heterocycles. The Hall–Kier alpha value is -2.73. The van der Waals surface area contributed by atoms with Gasteiger partial charge in [-0.3, -0.25) is 4.79 Å². The Bertz CT molecular complexity index is 886. The third-order valence-electron chi connectivity index (χ3n) is 6.76. The summed E-state index contributed by atoms with van der Waals surface area (Å²) in [5, 5.41) is 6.77. The van der Waals surface area contributed by atoms with Crippen LogP contribution in [0.5, 0.6) is 11.5 Å². The summed E-state index contributed by atoms with van der Waals surface area (Å²) < 4.78 is 10.7. The van der Waals surface area contributed by atoms with Gasteiger partial charge in [0.15, 0.2) is 11.5 Å². The zero-order valence-corrected chi connectivity index (χ0v) is 19.2. The van der Waals surface area contributed by atoms with E-state index in [1.165, 1.54) is 24.1 Å². The van der Waals surface area contributed by atoms with Crippen LogP contribution in [0.1, 0.15) is 44.1 Å². The average Bonchev–Trinajstić information content (AvgIpc) is 3.39. The first-order valence-electron chi connectivity index (χ1n) is 11.8. The van der Waals surface area contributed by atoms with Crippen molar-refractivity contribution in [2.45, 2.75) is 51.1 Å². The number of amides is 1. The first kappa shape index (κ1) is 22.5. The summed E-state index contributed by atoms with van der Waals surface area (Å²) in [4.78, 5) is 14.8. The topological polar surface area (TPSA) is 62.8 Å². The number of piperidine rings is 1. The van der Waals surface area contributed by atoms with Crippen molar-refractivity contribution in [3.05, 3.63) is 48.0 Å². The van der Waals surface area contributed by atoms with Crippen molar-refractivity contribution in [3.8, 4) is 11.5 Å². The molecule has 2 aromatic rings. The van der Waals surface area contributed by atoms with Crippen molar-refractivity contribution in [3.63, 3.8) is 0 Å². The average molecular weight is 438 g/mol. The molecule has 4 rings (SSSR count). The van der Waals surface area contributed by atoms with Crippen LogP contribution >= 0.6 is 0 Å². The van der Waals surface area contributed by atoms with Gasteiger partial charge in [-0.1, -0.05) is 18.9 Å². The predicted molar refractivity (Wildman–Crippen MR) is 129 cm³/mol. The normalized spacial score (nSPS) is 17.4. The van der Waals surface area contributed by atoms with Gasteiger partial charge in [0.05, 0.1) is 14.2 Å². The fraction of sp³-hybridized carbons (Fsp3) is 0.500. The monoisotopic (exact) mass is 437 g/mol. The highest BCUT2D eigenvalue weighted by molar-refractivity contribution is 5.92. The molecule has 2 N–H and O–H groups in total. The molecule has 1 heterocycles. The largest absolute Gasteiger partial charge is 0.493 e. The molecule has 32 heavy (non-hydrogen) atoms. The third-order valence-corrected chi connectivity index (χ3v) is 6.76. The lowest BCUT2D eigenvalue weighted by atomic mass is 10.0. The summed E-state index contributed by atoms with van der Waals surface area (Å²) in [6.45, 7) is 2.87. The van der Waals surface area contributed by atoms with E-state index in [1.54, 1.807) is 14.2 Å². The van der Waals surface area contributed by atoms with Crippen LogP contribution in [0.25, 0.3) is 0 Å². The van der Waals surface area contributed by atoms with Gasteiger partial charge in [-0.05, 0) is 67.6 Å². The summed E-state index contributed by atoms with van der Waals surface area (Å²) in [5.41, 5.74) is 3.32. The quantitative estimate of drug-likeness (QED) is 0.632. The molecule has 1 saturated carbocycles. The maximum absolute atomic E-state index is 12.3. The van der Waals surface area contributed by atoms with Crippen LogP contribution in [-0.4, -0.2) is 39.3 Å². The van der Waals surface area contributed by atoms with Crippen LogP contribution in [0.2, 0.25) is 0 Å². The van der Waals surface area contributed by atoms with Crippen molar-refractivity contribution < 1.29 is 14.3 Å². The number of benzene rings is 2. The molecule has 2 fully saturated rings. The van der Waals surface area contributed by atoms with E-state index in [9.17, 15) is 4.79 Å². The van der Waals surface area contributed by atoms with Gasteiger partial charge >= 0.3 is 0 Å². The molecule has 1 saturated heterocycles. The Kier molecular flexibility index (Phi) is 7.53. The fourth-order valence-electron chi connectivity index (χ4n) is 4.78. The fourth-order valence-corrected chi connectivity index (χ4v) is 4.78. The van der Waals surface area contributed by atoms with Gasteiger partial charge in [-0.25, -0.2) is 0 Å². The first-order chi connectivity index (χ1) is 15.7. The maximum atomic E-state index is 12.3. The lowest BCUT2D eigenvalue weighted by Gasteiger charge is -2.34. The number of carbonyl (C=O) groups is 1. The Morgan fingerprint density at radius 3 is 2.28 bits per heavy atom. The van der Waals surface area contributed by atoms with Crippen LogP contribution in [0.15, 0.2) is 42.5 Å². The van der Waals surface area contributed by atoms with Crippen LogP contribution in [0.4, 0.5) is 11.4 Å². The second-order valence-electron chi connectivity index (χ2n) is 8.85. The third kappa shape index (κ3) is 5.54. The second-order valence-corrected chi connectivity index (χ2v) is 8.85. The molecule has 2 aromatic carbocycles. The number of anilines is 2. The van der Waals surface area contributed by atoms with E-state index in [0.29, 0.717) is 6.04 Å². The van der Waals surface area contributed by atoms with E-state index in [0.717, 1.165) is 62.5 Å². The van der Waals surface area contributed by atoms with Crippen LogP contribution in [0.3, 0.4) is 0 Å². The van der Waals surface area contributed by atoms with Crippen LogP contribution in [-0.2, 0) is 11.3 Å². The molecular formula is C26H35N3O3. The van der Waals surface area contributed by atoms with Gasteiger partial charge < -0.3 is 25.0 Å². The summed E-state index contributed by atoms with van der Waals surface area (Å²) in [5.74, 6) is 1.90. The van der Waals surface area contributed by atoms with Crippen molar-refractivity contribution in [2.75, 3.05) is 37.5 Å². The molecule has 0 atom stereocenters. The number of methoxy groups -OCH3 is 2. The van der Waals surface area contributed by atoms with Gasteiger partial charge in [0, 0.05) is 43.0 Å². The number of hydrogen-bond acceptors (Lipinski definition) is 5. The molecule has 1 aliphatic carbocycles. The van der Waals surface area contributed by atoms with E-state index in [4.69, 9.17) is 9.47 Å². The highest BCUT2D eigenvalue weighted by atomic mass is 16.5. The van der Waals surface area contributed by atoms with E-state index in [2.05, 4.69) is 33.7 Å². The van der Waals surface area contributed by atoms with E-state index in [1.807, 2.05) is 24.3 Å². The molecule has 1 amide bonds.